The molecular weight excluding hydrogens is 457 g/mol. The summed E-state index contributed by atoms with van der Waals surface area (Å²) in [5.74, 6) is -1.33. The molecule has 0 aliphatic carbocycles. The van der Waals surface area contributed by atoms with Crippen LogP contribution in [0.3, 0.4) is 0 Å². The lowest BCUT2D eigenvalue weighted by Crippen LogP contribution is -2.40. The number of nitrogens with one attached hydrogen (secondary N) is 1. The molecule has 0 bridgehead atoms. The maximum Gasteiger partial charge on any atom is 0.273 e. The van der Waals surface area contributed by atoms with Gasteiger partial charge in [0, 0.05) is 19.2 Å². The standard InChI is InChI=1S/C17H18FN3O8S2/c1-28-15-11-13(21(22)23)3-5-16(15)30(24,25)19-12-2-4-14(18)17(10-12)31(26,27)20-6-8-29-9-7-20/h2-5,10-11,19H,6-9H2,1H3. The van der Waals surface area contributed by atoms with E-state index >= 15 is 0 Å². The molecule has 0 aromatic heterocycles. The van der Waals surface area contributed by atoms with E-state index < -0.39 is 40.6 Å². The van der Waals surface area contributed by atoms with Gasteiger partial charge in [0.25, 0.3) is 15.7 Å². The van der Waals surface area contributed by atoms with Crippen LogP contribution in [0.2, 0.25) is 0 Å². The molecule has 2 aromatic carbocycles. The first kappa shape index (κ1) is 22.9. The molecule has 1 heterocycles. The van der Waals surface area contributed by atoms with E-state index in [9.17, 15) is 31.3 Å². The molecule has 0 radical (unpaired) electrons. The molecule has 1 aliphatic rings. The van der Waals surface area contributed by atoms with Gasteiger partial charge in [0.1, 0.15) is 21.4 Å². The fraction of sp³-hybridized carbons (Fsp3) is 0.294. The van der Waals surface area contributed by atoms with Gasteiger partial charge in [0.15, 0.2) is 0 Å². The lowest BCUT2D eigenvalue weighted by molar-refractivity contribution is -0.385. The molecular formula is C17H18FN3O8S2. The van der Waals surface area contributed by atoms with Crippen molar-refractivity contribution in [2.24, 2.45) is 0 Å². The van der Waals surface area contributed by atoms with Gasteiger partial charge in [-0.05, 0) is 24.3 Å². The normalized spacial score (nSPS) is 15.4. The summed E-state index contributed by atoms with van der Waals surface area (Å²) in [5.41, 5.74) is -0.592. The molecule has 1 aliphatic heterocycles. The first-order valence-electron chi connectivity index (χ1n) is 8.79. The molecule has 1 saturated heterocycles. The molecule has 11 nitrogen and oxygen atoms in total. The summed E-state index contributed by atoms with van der Waals surface area (Å²) in [5, 5.41) is 10.9. The van der Waals surface area contributed by atoms with E-state index in [-0.39, 0.29) is 43.4 Å². The Labute approximate surface area is 177 Å². The SMILES string of the molecule is COc1cc([N+](=O)[O-])ccc1S(=O)(=O)Nc1ccc(F)c(S(=O)(=O)N2CCOCC2)c1. The molecule has 1 fully saturated rings. The average Bonchev–Trinajstić information content (AvgIpc) is 2.74. The van der Waals surface area contributed by atoms with Crippen LogP contribution in [-0.4, -0.2) is 59.5 Å². The number of benzene rings is 2. The molecule has 2 aromatic rings. The van der Waals surface area contributed by atoms with Gasteiger partial charge in [-0.1, -0.05) is 0 Å². The topological polar surface area (TPSA) is 145 Å². The van der Waals surface area contributed by atoms with Crippen LogP contribution in [0.1, 0.15) is 0 Å². The number of ether oxygens (including phenoxy) is 2. The number of rotatable bonds is 7. The highest BCUT2D eigenvalue weighted by Gasteiger charge is 2.30. The van der Waals surface area contributed by atoms with E-state index in [2.05, 4.69) is 4.72 Å². The number of non-ortho nitro benzene ring substituents is 1. The lowest BCUT2D eigenvalue weighted by Gasteiger charge is -2.26. The summed E-state index contributed by atoms with van der Waals surface area (Å²) in [7, 11) is -7.42. The zero-order chi connectivity index (χ0) is 22.8. The molecule has 0 spiro atoms. The van der Waals surface area contributed by atoms with E-state index in [1.807, 2.05) is 0 Å². The van der Waals surface area contributed by atoms with Gasteiger partial charge < -0.3 is 9.47 Å². The predicted molar refractivity (Wildman–Crippen MR) is 106 cm³/mol. The number of nitro benzene ring substituents is 1. The Morgan fingerprint density at radius 3 is 2.39 bits per heavy atom. The monoisotopic (exact) mass is 475 g/mol. The summed E-state index contributed by atoms with van der Waals surface area (Å²) >= 11 is 0. The van der Waals surface area contributed by atoms with Gasteiger partial charge in [0.05, 0.1) is 37.0 Å². The number of methoxy groups -OCH3 is 1. The Kier molecular flexibility index (Phi) is 6.45. The Bertz CT molecular complexity index is 1210. The quantitative estimate of drug-likeness (QED) is 0.469. The van der Waals surface area contributed by atoms with Crippen molar-refractivity contribution in [3.8, 4) is 5.75 Å². The van der Waals surface area contributed by atoms with Crippen molar-refractivity contribution in [2.45, 2.75) is 9.79 Å². The number of nitrogens with zero attached hydrogens (tertiary/aromatic N) is 2. The highest BCUT2D eigenvalue weighted by atomic mass is 32.2. The van der Waals surface area contributed by atoms with Gasteiger partial charge in [-0.25, -0.2) is 21.2 Å². The van der Waals surface area contributed by atoms with Crippen LogP contribution < -0.4 is 9.46 Å². The van der Waals surface area contributed by atoms with Crippen LogP contribution >= 0.6 is 0 Å². The van der Waals surface area contributed by atoms with Crippen LogP contribution in [0.25, 0.3) is 0 Å². The summed E-state index contributed by atoms with van der Waals surface area (Å²) in [6, 6.07) is 5.66. The van der Waals surface area contributed by atoms with E-state index in [0.29, 0.717) is 0 Å². The van der Waals surface area contributed by atoms with Crippen molar-refractivity contribution in [2.75, 3.05) is 38.1 Å². The van der Waals surface area contributed by atoms with Gasteiger partial charge in [-0.3, -0.25) is 14.8 Å². The number of halogens is 1. The summed E-state index contributed by atoms with van der Waals surface area (Å²) < 4.78 is 78.6. The zero-order valence-electron chi connectivity index (χ0n) is 16.1. The minimum atomic E-state index is -4.35. The van der Waals surface area contributed by atoms with Crippen molar-refractivity contribution in [3.05, 3.63) is 52.3 Å². The van der Waals surface area contributed by atoms with E-state index in [1.165, 1.54) is 0 Å². The van der Waals surface area contributed by atoms with E-state index in [1.54, 1.807) is 0 Å². The van der Waals surface area contributed by atoms with Crippen molar-refractivity contribution in [3.63, 3.8) is 0 Å². The number of morpholine rings is 1. The second kappa shape index (κ2) is 8.74. The van der Waals surface area contributed by atoms with Gasteiger partial charge in [-0.2, -0.15) is 4.31 Å². The Balaban J connectivity index is 1.96. The minimum Gasteiger partial charge on any atom is -0.495 e. The third kappa shape index (κ3) is 4.76. The average molecular weight is 475 g/mol. The molecule has 0 unspecified atom stereocenters. The van der Waals surface area contributed by atoms with E-state index in [0.717, 1.165) is 47.8 Å². The summed E-state index contributed by atoms with van der Waals surface area (Å²) in [6.07, 6.45) is 0. The minimum absolute atomic E-state index is 0.0394. The zero-order valence-corrected chi connectivity index (χ0v) is 17.8. The number of hydrogen-bond donors (Lipinski definition) is 1. The first-order valence-corrected chi connectivity index (χ1v) is 11.7. The largest absolute Gasteiger partial charge is 0.495 e. The number of nitro groups is 1. The van der Waals surface area contributed by atoms with Gasteiger partial charge in [0.2, 0.25) is 10.0 Å². The van der Waals surface area contributed by atoms with Crippen LogP contribution in [-0.2, 0) is 24.8 Å². The Morgan fingerprint density at radius 1 is 1.10 bits per heavy atom. The van der Waals surface area contributed by atoms with Crippen molar-refractivity contribution >= 4 is 31.4 Å². The number of hydrogen-bond acceptors (Lipinski definition) is 8. The predicted octanol–water partition coefficient (Wildman–Crippen LogP) is 1.56. The summed E-state index contributed by atoms with van der Waals surface area (Å²) in [4.78, 5) is 9.08. The fourth-order valence-electron chi connectivity index (χ4n) is 2.89. The molecule has 1 N–H and O–H groups in total. The molecule has 0 saturated carbocycles. The Morgan fingerprint density at radius 2 is 1.77 bits per heavy atom. The van der Waals surface area contributed by atoms with Crippen LogP contribution in [0.15, 0.2) is 46.2 Å². The van der Waals surface area contributed by atoms with E-state index in [4.69, 9.17) is 9.47 Å². The van der Waals surface area contributed by atoms with Gasteiger partial charge >= 0.3 is 0 Å². The molecule has 0 atom stereocenters. The highest BCUT2D eigenvalue weighted by molar-refractivity contribution is 7.92. The summed E-state index contributed by atoms with van der Waals surface area (Å²) in [6.45, 7) is 0.398. The van der Waals surface area contributed by atoms with Crippen molar-refractivity contribution < 1.29 is 35.6 Å². The fourth-order valence-corrected chi connectivity index (χ4v) is 5.59. The number of anilines is 1. The molecule has 0 amide bonds. The third-order valence-corrected chi connectivity index (χ3v) is 7.75. The molecule has 3 rings (SSSR count). The van der Waals surface area contributed by atoms with Crippen molar-refractivity contribution in [1.82, 2.24) is 4.31 Å². The molecule has 168 valence electrons. The first-order chi connectivity index (χ1) is 14.6. The number of sulfonamides is 2. The second-order valence-corrected chi connectivity index (χ2v) is 9.92. The second-order valence-electron chi connectivity index (χ2n) is 6.36. The lowest BCUT2D eigenvalue weighted by atomic mass is 10.3. The Hall–Kier alpha value is -2.81. The molecule has 14 heteroatoms. The third-order valence-electron chi connectivity index (χ3n) is 4.42. The van der Waals surface area contributed by atoms with Crippen LogP contribution in [0.4, 0.5) is 15.8 Å². The van der Waals surface area contributed by atoms with Crippen LogP contribution in [0, 0.1) is 15.9 Å². The highest BCUT2D eigenvalue weighted by Crippen LogP contribution is 2.31. The van der Waals surface area contributed by atoms with Gasteiger partial charge in [-0.15, -0.1) is 0 Å². The van der Waals surface area contributed by atoms with Crippen LogP contribution in [0.5, 0.6) is 5.75 Å². The van der Waals surface area contributed by atoms with Crippen molar-refractivity contribution in [1.29, 1.82) is 0 Å². The maximum atomic E-state index is 14.3. The maximum absolute atomic E-state index is 14.3. The molecule has 31 heavy (non-hydrogen) atoms. The smallest absolute Gasteiger partial charge is 0.273 e.